The number of nitrogens with zero attached hydrogens (tertiary/aromatic N) is 3. The summed E-state index contributed by atoms with van der Waals surface area (Å²) >= 11 is 1.37. The largest absolute Gasteiger partial charge is 0.343 e. The summed E-state index contributed by atoms with van der Waals surface area (Å²) in [6, 6.07) is 4.11. The summed E-state index contributed by atoms with van der Waals surface area (Å²) in [7, 11) is 3.58. The van der Waals surface area contributed by atoms with E-state index in [1.807, 2.05) is 19.2 Å². The molecule has 0 radical (unpaired) electrons. The molecule has 2 N–H and O–H groups in total. The summed E-state index contributed by atoms with van der Waals surface area (Å²) < 4.78 is 1.47. The Hall–Kier alpha value is -1.60. The van der Waals surface area contributed by atoms with Crippen molar-refractivity contribution in [1.82, 2.24) is 25.1 Å². The third-order valence-electron chi connectivity index (χ3n) is 2.73. The highest BCUT2D eigenvalue weighted by atomic mass is 32.2. The van der Waals surface area contributed by atoms with E-state index in [1.165, 1.54) is 16.3 Å². The Bertz CT molecular complexity index is 591. The first kappa shape index (κ1) is 12.8. The van der Waals surface area contributed by atoms with Crippen LogP contribution >= 0.6 is 11.8 Å². The Morgan fingerprint density at radius 2 is 2.33 bits per heavy atom. The molecule has 96 valence electrons. The van der Waals surface area contributed by atoms with E-state index in [2.05, 4.69) is 27.4 Å². The molecule has 2 aromatic heterocycles. The normalized spacial score (nSPS) is 12.6. The van der Waals surface area contributed by atoms with Gasteiger partial charge < -0.3 is 5.32 Å². The fraction of sp³-hybridized carbons (Fsp3) is 0.364. The lowest BCUT2D eigenvalue weighted by Gasteiger charge is -2.13. The van der Waals surface area contributed by atoms with Crippen LogP contribution < -0.4 is 11.0 Å². The van der Waals surface area contributed by atoms with E-state index < -0.39 is 0 Å². The average Bonchev–Trinajstić information content (AvgIpc) is 2.70. The van der Waals surface area contributed by atoms with E-state index in [9.17, 15) is 4.79 Å². The molecule has 0 amide bonds. The van der Waals surface area contributed by atoms with Crippen molar-refractivity contribution in [2.24, 2.45) is 7.05 Å². The van der Waals surface area contributed by atoms with Crippen LogP contribution in [-0.2, 0) is 7.05 Å². The van der Waals surface area contributed by atoms with E-state index in [-0.39, 0.29) is 11.7 Å². The summed E-state index contributed by atoms with van der Waals surface area (Å²) in [5.41, 5.74) is 0.858. The number of aromatic amines is 1. The Morgan fingerprint density at radius 1 is 1.56 bits per heavy atom. The number of aromatic nitrogens is 4. The van der Waals surface area contributed by atoms with Crippen molar-refractivity contribution < 1.29 is 0 Å². The first-order chi connectivity index (χ1) is 8.63. The van der Waals surface area contributed by atoms with Crippen LogP contribution in [0.1, 0.15) is 18.5 Å². The van der Waals surface area contributed by atoms with Gasteiger partial charge in [-0.25, -0.2) is 14.9 Å². The van der Waals surface area contributed by atoms with Crippen molar-refractivity contribution in [1.29, 1.82) is 0 Å². The van der Waals surface area contributed by atoms with Crippen LogP contribution in [-0.4, -0.2) is 26.8 Å². The highest BCUT2D eigenvalue weighted by molar-refractivity contribution is 7.99. The minimum Gasteiger partial charge on any atom is -0.313 e. The maximum atomic E-state index is 11.3. The Kier molecular flexibility index (Phi) is 3.83. The molecule has 0 aliphatic heterocycles. The Labute approximate surface area is 109 Å². The molecule has 0 aliphatic carbocycles. The molecule has 0 spiro atoms. The third-order valence-corrected chi connectivity index (χ3v) is 3.81. The highest BCUT2D eigenvalue weighted by Crippen LogP contribution is 2.29. The molecule has 0 saturated carbocycles. The lowest BCUT2D eigenvalue weighted by molar-refractivity contribution is 0.634. The maximum absolute atomic E-state index is 11.3. The van der Waals surface area contributed by atoms with Gasteiger partial charge in [-0.1, -0.05) is 6.07 Å². The van der Waals surface area contributed by atoms with Gasteiger partial charge in [-0.2, -0.15) is 0 Å². The number of pyridine rings is 1. The van der Waals surface area contributed by atoms with Crippen molar-refractivity contribution in [3.8, 4) is 0 Å². The van der Waals surface area contributed by atoms with Gasteiger partial charge in [-0.3, -0.25) is 4.57 Å². The van der Waals surface area contributed by atoms with E-state index in [4.69, 9.17) is 0 Å². The molecule has 1 atom stereocenters. The van der Waals surface area contributed by atoms with E-state index in [1.54, 1.807) is 13.2 Å². The minimum absolute atomic E-state index is 0.192. The second-order valence-corrected chi connectivity index (χ2v) is 4.84. The molecule has 2 rings (SSSR count). The van der Waals surface area contributed by atoms with Gasteiger partial charge >= 0.3 is 5.69 Å². The Morgan fingerprint density at radius 3 is 2.94 bits per heavy atom. The highest BCUT2D eigenvalue weighted by Gasteiger charge is 2.14. The molecular formula is C11H15N5OS. The fourth-order valence-electron chi connectivity index (χ4n) is 1.48. The van der Waals surface area contributed by atoms with Crippen LogP contribution in [0.15, 0.2) is 33.3 Å². The standard InChI is InChI=1S/C11H15N5OS/c1-7(12-2)8-5-4-6-13-9(8)18-11-15-14-10(17)16(11)3/h4-7,12H,1-3H3,(H,14,17). The summed E-state index contributed by atoms with van der Waals surface area (Å²) in [5, 5.41) is 11.0. The van der Waals surface area contributed by atoms with Crippen molar-refractivity contribution in [3.63, 3.8) is 0 Å². The summed E-state index contributed by atoms with van der Waals surface area (Å²) in [6.07, 6.45) is 1.74. The number of rotatable bonds is 4. The number of hydrogen-bond donors (Lipinski definition) is 2. The van der Waals surface area contributed by atoms with Gasteiger partial charge in [0.15, 0.2) is 5.16 Å². The number of nitrogens with one attached hydrogen (secondary N) is 2. The van der Waals surface area contributed by atoms with Gasteiger partial charge in [0.25, 0.3) is 0 Å². The average molecular weight is 265 g/mol. The van der Waals surface area contributed by atoms with Crippen molar-refractivity contribution in [3.05, 3.63) is 34.4 Å². The molecule has 6 nitrogen and oxygen atoms in total. The summed E-state index contributed by atoms with van der Waals surface area (Å²) in [5.74, 6) is 0. The van der Waals surface area contributed by atoms with Crippen molar-refractivity contribution in [2.75, 3.05) is 7.05 Å². The summed E-state index contributed by atoms with van der Waals surface area (Å²) in [6.45, 7) is 2.06. The molecule has 0 saturated heterocycles. The molecule has 0 aromatic carbocycles. The smallest absolute Gasteiger partial charge is 0.313 e. The predicted octanol–water partition coefficient (Wildman–Crippen LogP) is 0.935. The minimum atomic E-state index is -0.225. The predicted molar refractivity (Wildman–Crippen MR) is 69.7 cm³/mol. The van der Waals surface area contributed by atoms with Crippen molar-refractivity contribution in [2.45, 2.75) is 23.1 Å². The van der Waals surface area contributed by atoms with Gasteiger partial charge in [0, 0.05) is 24.8 Å². The van der Waals surface area contributed by atoms with Gasteiger partial charge in [0.2, 0.25) is 0 Å². The van der Waals surface area contributed by atoms with Crippen LogP contribution in [0.3, 0.4) is 0 Å². The molecule has 7 heteroatoms. The molecule has 18 heavy (non-hydrogen) atoms. The second kappa shape index (κ2) is 5.36. The van der Waals surface area contributed by atoms with Crippen LogP contribution in [0.25, 0.3) is 0 Å². The van der Waals surface area contributed by atoms with Crippen LogP contribution in [0, 0.1) is 0 Å². The van der Waals surface area contributed by atoms with Crippen molar-refractivity contribution >= 4 is 11.8 Å². The molecule has 2 heterocycles. The zero-order valence-electron chi connectivity index (χ0n) is 10.5. The van der Waals surface area contributed by atoms with E-state index >= 15 is 0 Å². The maximum Gasteiger partial charge on any atom is 0.343 e. The molecule has 2 aromatic rings. The number of H-pyrrole nitrogens is 1. The zero-order valence-corrected chi connectivity index (χ0v) is 11.3. The molecule has 0 aliphatic rings. The van der Waals surface area contributed by atoms with Gasteiger partial charge in [-0.15, -0.1) is 5.10 Å². The van der Waals surface area contributed by atoms with Crippen LogP contribution in [0.5, 0.6) is 0 Å². The number of hydrogen-bond acceptors (Lipinski definition) is 5. The first-order valence-electron chi connectivity index (χ1n) is 5.55. The van der Waals surface area contributed by atoms with Gasteiger partial charge in [-0.05, 0) is 31.8 Å². The molecule has 0 fully saturated rings. The second-order valence-electron chi connectivity index (χ2n) is 3.88. The van der Waals surface area contributed by atoms with Gasteiger partial charge in [0.05, 0.1) is 0 Å². The van der Waals surface area contributed by atoms with Crippen LogP contribution in [0.4, 0.5) is 0 Å². The fourth-order valence-corrected chi connectivity index (χ4v) is 2.44. The first-order valence-corrected chi connectivity index (χ1v) is 6.36. The SMILES string of the molecule is CNC(C)c1cccnc1Sc1n[nH]c(=O)n1C. The van der Waals surface area contributed by atoms with Crippen LogP contribution in [0.2, 0.25) is 0 Å². The molecular weight excluding hydrogens is 250 g/mol. The molecule has 1 unspecified atom stereocenters. The third kappa shape index (κ3) is 2.46. The lowest BCUT2D eigenvalue weighted by atomic mass is 10.1. The Balaban J connectivity index is 2.34. The van der Waals surface area contributed by atoms with Gasteiger partial charge in [0.1, 0.15) is 5.03 Å². The topological polar surface area (TPSA) is 75.6 Å². The zero-order chi connectivity index (χ0) is 13.1. The molecule has 0 bridgehead atoms. The quantitative estimate of drug-likeness (QED) is 0.860. The lowest BCUT2D eigenvalue weighted by Crippen LogP contribution is -2.14. The monoisotopic (exact) mass is 265 g/mol. The summed E-state index contributed by atoms with van der Waals surface area (Å²) in [4.78, 5) is 15.7. The van der Waals surface area contributed by atoms with E-state index in [0.717, 1.165) is 10.6 Å². The van der Waals surface area contributed by atoms with E-state index in [0.29, 0.717) is 5.16 Å².